The molecule has 0 saturated carbocycles. The second kappa shape index (κ2) is 13.0. The Kier molecular flexibility index (Phi) is 7.87. The second-order valence-electron chi connectivity index (χ2n) is 15.8. The molecule has 0 aliphatic rings. The van der Waals surface area contributed by atoms with Crippen molar-refractivity contribution in [1.29, 1.82) is 0 Å². The maximum absolute atomic E-state index is 2.83. The Morgan fingerprint density at radius 2 is 0.764 bits per heavy atom. The lowest BCUT2D eigenvalue weighted by atomic mass is 10.1. The van der Waals surface area contributed by atoms with Crippen LogP contribution in [0.2, 0.25) is 19.6 Å². The van der Waals surface area contributed by atoms with Crippen molar-refractivity contribution in [3.8, 4) is 11.4 Å². The molecule has 0 aliphatic heterocycles. The highest BCUT2D eigenvalue weighted by Crippen LogP contribution is 2.37. The fourth-order valence-electron chi connectivity index (χ4n) is 9.09. The van der Waals surface area contributed by atoms with Gasteiger partial charge in [-0.05, 0) is 63.2 Å². The summed E-state index contributed by atoms with van der Waals surface area (Å²) in [5.74, 6) is 0. The third kappa shape index (κ3) is 5.20. The van der Waals surface area contributed by atoms with Gasteiger partial charge < -0.3 is 9.13 Å². The summed E-state index contributed by atoms with van der Waals surface area (Å²) in [5, 5.41) is 12.1. The van der Waals surface area contributed by atoms with Crippen molar-refractivity contribution < 1.29 is 0 Å². The fraction of sp³-hybridized carbons (Fsp3) is 0.0588. The highest BCUT2D eigenvalue weighted by atomic mass is 28.3. The first-order valence-electron chi connectivity index (χ1n) is 19.3. The number of rotatable bonds is 7. The van der Waals surface area contributed by atoms with Gasteiger partial charge in [0.2, 0.25) is 0 Å². The maximum Gasteiger partial charge on any atom is 0.181 e. The Hall–Kier alpha value is -6.21. The van der Waals surface area contributed by atoms with E-state index in [1.54, 1.807) is 0 Å². The van der Waals surface area contributed by atoms with E-state index >= 15 is 0 Å². The molecule has 10 rings (SSSR count). The maximum atomic E-state index is 2.53. The molecule has 0 amide bonds. The summed E-state index contributed by atoms with van der Waals surface area (Å²) in [6.45, 7) is 7.30. The highest BCUT2D eigenvalue weighted by Gasteiger charge is 2.43. The quantitative estimate of drug-likeness (QED) is 0.114. The number of para-hydroxylation sites is 3. The Morgan fingerprint density at radius 3 is 1.35 bits per heavy atom. The Bertz CT molecular complexity index is 2910. The average Bonchev–Trinajstić information content (AvgIpc) is 3.74. The predicted molar refractivity (Wildman–Crippen MR) is 242 cm³/mol. The molecule has 0 unspecified atom stereocenters. The van der Waals surface area contributed by atoms with Crippen molar-refractivity contribution in [3.05, 3.63) is 200 Å². The number of fused-ring (bicyclic) bond motifs is 6. The van der Waals surface area contributed by atoms with Crippen molar-refractivity contribution in [2.45, 2.75) is 19.6 Å². The van der Waals surface area contributed by atoms with Crippen LogP contribution in [0.25, 0.3) is 55.0 Å². The molecule has 0 fully saturated rings. The Labute approximate surface area is 324 Å². The molecule has 2 aromatic heterocycles. The van der Waals surface area contributed by atoms with E-state index in [1.807, 2.05) is 0 Å². The zero-order chi connectivity index (χ0) is 37.1. The minimum Gasteiger partial charge on any atom is -0.309 e. The van der Waals surface area contributed by atoms with Crippen LogP contribution >= 0.6 is 0 Å². The van der Waals surface area contributed by atoms with Gasteiger partial charge in [0.05, 0.1) is 30.1 Å². The molecule has 4 heteroatoms. The fourth-order valence-corrected chi connectivity index (χ4v) is 15.2. The van der Waals surface area contributed by atoms with Crippen LogP contribution in [0.1, 0.15) is 0 Å². The molecule has 0 N–H and O–H groups in total. The van der Waals surface area contributed by atoms with Crippen LogP contribution in [0.3, 0.4) is 0 Å². The minimum absolute atomic E-state index is 1.18. The zero-order valence-corrected chi connectivity index (χ0v) is 33.4. The van der Waals surface area contributed by atoms with Crippen molar-refractivity contribution >= 4 is 85.7 Å². The minimum atomic E-state index is -2.83. The van der Waals surface area contributed by atoms with Gasteiger partial charge in [-0.3, -0.25) is 0 Å². The van der Waals surface area contributed by atoms with E-state index in [-0.39, 0.29) is 0 Å². The van der Waals surface area contributed by atoms with Gasteiger partial charge in [-0.15, -0.1) is 0 Å². The summed E-state index contributed by atoms with van der Waals surface area (Å²) in [4.78, 5) is 0. The van der Waals surface area contributed by atoms with Gasteiger partial charge in [-0.25, -0.2) is 0 Å². The molecular formula is C51H42N2Si2. The lowest BCUT2D eigenvalue weighted by molar-refractivity contribution is 1.17. The van der Waals surface area contributed by atoms with Gasteiger partial charge in [0.15, 0.2) is 8.07 Å². The Balaban J connectivity index is 1.27. The third-order valence-electron chi connectivity index (χ3n) is 11.6. The van der Waals surface area contributed by atoms with E-state index in [9.17, 15) is 0 Å². The van der Waals surface area contributed by atoms with Crippen LogP contribution in [0.4, 0.5) is 0 Å². The van der Waals surface area contributed by atoms with Gasteiger partial charge >= 0.3 is 0 Å². The molecule has 55 heavy (non-hydrogen) atoms. The van der Waals surface area contributed by atoms with E-state index in [2.05, 4.69) is 229 Å². The molecular weight excluding hydrogens is 697 g/mol. The molecule has 0 spiro atoms. The number of hydrogen-bond donors (Lipinski definition) is 0. The van der Waals surface area contributed by atoms with E-state index < -0.39 is 16.1 Å². The standard InChI is InChI=1S/C51H42N2Si2/c1-54(2,3)41-32-34-48-45(36-41)43-26-13-15-27-46(43)52(48)37-31-33-49-44(35-37)42-25-14-16-28-47(42)53(49)50-29-17-18-30-51(50)55(38-19-7-4-8-20-38,39-21-9-5-10-22-39)40-23-11-6-12-24-40/h4-36H,1-3H3. The first-order valence-corrected chi connectivity index (χ1v) is 24.8. The number of aromatic nitrogens is 2. The number of nitrogens with zero attached hydrogens (tertiary/aromatic N) is 2. The molecule has 8 aromatic carbocycles. The van der Waals surface area contributed by atoms with Gasteiger partial charge in [-0.2, -0.15) is 0 Å². The summed E-state index contributed by atoms with van der Waals surface area (Å²) >= 11 is 0. The molecule has 10 aromatic rings. The van der Waals surface area contributed by atoms with E-state index in [4.69, 9.17) is 0 Å². The molecule has 0 bridgehead atoms. The normalized spacial score (nSPS) is 12.3. The predicted octanol–water partition coefficient (Wildman–Crippen LogP) is 9.80. The highest BCUT2D eigenvalue weighted by molar-refractivity contribution is 7.20. The molecule has 2 heterocycles. The van der Waals surface area contributed by atoms with Crippen LogP contribution < -0.4 is 25.9 Å². The van der Waals surface area contributed by atoms with Gasteiger partial charge in [0.25, 0.3) is 0 Å². The van der Waals surface area contributed by atoms with Crippen LogP contribution in [-0.2, 0) is 0 Å². The van der Waals surface area contributed by atoms with Crippen molar-refractivity contribution in [2.75, 3.05) is 0 Å². The zero-order valence-electron chi connectivity index (χ0n) is 31.4. The topological polar surface area (TPSA) is 9.86 Å². The second-order valence-corrected chi connectivity index (χ2v) is 24.6. The summed E-state index contributed by atoms with van der Waals surface area (Å²) < 4.78 is 5.00. The number of benzene rings is 8. The van der Waals surface area contributed by atoms with Gasteiger partial charge in [0, 0.05) is 32.9 Å². The SMILES string of the molecule is C[Si](C)(C)c1ccc2c(c1)c1ccccc1n2-c1ccc2c(c1)c1ccccc1n2-c1ccccc1[Si](c1ccccc1)(c1ccccc1)c1ccccc1. The first-order chi connectivity index (χ1) is 26.9. The molecule has 0 atom stereocenters. The third-order valence-corrected chi connectivity index (χ3v) is 18.5. The monoisotopic (exact) mass is 738 g/mol. The van der Waals surface area contributed by atoms with Gasteiger partial charge in [-0.1, -0.05) is 183 Å². The molecule has 0 aliphatic carbocycles. The smallest absolute Gasteiger partial charge is 0.181 e. The summed E-state index contributed by atoms with van der Waals surface area (Å²) in [6, 6.07) is 75.0. The van der Waals surface area contributed by atoms with Crippen molar-refractivity contribution in [2.24, 2.45) is 0 Å². The first kappa shape index (κ1) is 33.4. The van der Waals surface area contributed by atoms with Crippen molar-refractivity contribution in [1.82, 2.24) is 9.13 Å². The van der Waals surface area contributed by atoms with E-state index in [1.165, 1.54) is 80.9 Å². The van der Waals surface area contributed by atoms with Gasteiger partial charge in [0.1, 0.15) is 0 Å². The average molecular weight is 739 g/mol. The van der Waals surface area contributed by atoms with Crippen LogP contribution in [-0.4, -0.2) is 25.3 Å². The molecule has 0 saturated heterocycles. The lowest BCUT2D eigenvalue weighted by Gasteiger charge is -2.36. The van der Waals surface area contributed by atoms with Crippen molar-refractivity contribution in [3.63, 3.8) is 0 Å². The van der Waals surface area contributed by atoms with Crippen LogP contribution in [0, 0.1) is 0 Å². The largest absolute Gasteiger partial charge is 0.309 e. The molecule has 0 radical (unpaired) electrons. The number of hydrogen-bond acceptors (Lipinski definition) is 0. The molecule has 264 valence electrons. The molecule has 2 nitrogen and oxygen atoms in total. The lowest BCUT2D eigenvalue weighted by Crippen LogP contribution is -2.75. The van der Waals surface area contributed by atoms with E-state index in [0.29, 0.717) is 0 Å². The van der Waals surface area contributed by atoms with Crippen LogP contribution in [0.5, 0.6) is 0 Å². The Morgan fingerprint density at radius 1 is 0.327 bits per heavy atom. The van der Waals surface area contributed by atoms with E-state index in [0.717, 1.165) is 0 Å². The summed E-state index contributed by atoms with van der Waals surface area (Å²) in [7, 11) is -4.33. The summed E-state index contributed by atoms with van der Waals surface area (Å²) in [6.07, 6.45) is 0. The summed E-state index contributed by atoms with van der Waals surface area (Å²) in [5.41, 5.74) is 7.30. The van der Waals surface area contributed by atoms with Crippen LogP contribution in [0.15, 0.2) is 200 Å².